The number of methoxy groups -OCH3 is 1. The van der Waals surface area contributed by atoms with Crippen molar-refractivity contribution in [3.63, 3.8) is 0 Å². The molecule has 1 aromatic carbocycles. The van der Waals surface area contributed by atoms with Gasteiger partial charge in [-0.25, -0.2) is 4.98 Å². The number of likely N-dealkylation sites (tertiary alicyclic amines) is 1. The van der Waals surface area contributed by atoms with Gasteiger partial charge in [0.15, 0.2) is 0 Å². The Morgan fingerprint density at radius 1 is 1.29 bits per heavy atom. The molecule has 0 aliphatic carbocycles. The van der Waals surface area contributed by atoms with Crippen LogP contribution in [0.4, 0.5) is 13.2 Å². The van der Waals surface area contributed by atoms with E-state index in [9.17, 15) is 18.0 Å². The van der Waals surface area contributed by atoms with Crippen molar-refractivity contribution in [3.05, 3.63) is 58.4 Å². The van der Waals surface area contributed by atoms with Gasteiger partial charge in [-0.1, -0.05) is 17.3 Å². The van der Waals surface area contributed by atoms with Gasteiger partial charge in [0.05, 0.1) is 23.3 Å². The Balaban J connectivity index is 1.62. The van der Waals surface area contributed by atoms with E-state index in [4.69, 9.17) is 9.26 Å². The van der Waals surface area contributed by atoms with Crippen LogP contribution in [0.25, 0.3) is 11.1 Å². The van der Waals surface area contributed by atoms with Crippen LogP contribution >= 0.6 is 0 Å². The SMILES string of the molecule is COCc1ccc(C(=O)N2CCC[C@H](c3noc4nc(C)cc(C(F)(F)F)c34)C2)cc1. The Morgan fingerprint density at radius 3 is 2.71 bits per heavy atom. The molecule has 1 saturated heterocycles. The van der Waals surface area contributed by atoms with Crippen LogP contribution in [0.3, 0.4) is 0 Å². The summed E-state index contributed by atoms with van der Waals surface area (Å²) >= 11 is 0. The molecule has 4 rings (SSSR count). The Morgan fingerprint density at radius 2 is 2.03 bits per heavy atom. The number of pyridine rings is 1. The molecule has 1 aliphatic rings. The Kier molecular flexibility index (Phi) is 5.70. The first-order chi connectivity index (χ1) is 14.8. The first-order valence-electron chi connectivity index (χ1n) is 9.99. The molecule has 0 N–H and O–H groups in total. The number of hydrogen-bond donors (Lipinski definition) is 0. The average molecular weight is 433 g/mol. The fourth-order valence-electron chi connectivity index (χ4n) is 4.08. The van der Waals surface area contributed by atoms with Crippen molar-refractivity contribution in [1.82, 2.24) is 15.0 Å². The number of fused-ring (bicyclic) bond motifs is 1. The van der Waals surface area contributed by atoms with E-state index in [1.165, 1.54) is 6.92 Å². The molecule has 2 aromatic heterocycles. The lowest BCUT2D eigenvalue weighted by Crippen LogP contribution is -2.39. The largest absolute Gasteiger partial charge is 0.417 e. The molecule has 1 amide bonds. The number of halogens is 3. The predicted octanol–water partition coefficient (Wildman–Crippen LogP) is 4.72. The zero-order valence-electron chi connectivity index (χ0n) is 17.2. The summed E-state index contributed by atoms with van der Waals surface area (Å²) in [5.41, 5.74) is 0.969. The number of amides is 1. The zero-order chi connectivity index (χ0) is 22.2. The summed E-state index contributed by atoms with van der Waals surface area (Å²) in [5, 5.41) is 3.83. The minimum Gasteiger partial charge on any atom is -0.380 e. The van der Waals surface area contributed by atoms with Gasteiger partial charge in [-0.15, -0.1) is 0 Å². The minimum atomic E-state index is -4.56. The van der Waals surface area contributed by atoms with Crippen molar-refractivity contribution < 1.29 is 27.2 Å². The van der Waals surface area contributed by atoms with Gasteiger partial charge < -0.3 is 14.2 Å². The van der Waals surface area contributed by atoms with Crippen LogP contribution in [-0.4, -0.2) is 41.1 Å². The number of alkyl halides is 3. The molecule has 3 heterocycles. The molecular weight excluding hydrogens is 411 g/mol. The van der Waals surface area contributed by atoms with E-state index >= 15 is 0 Å². The van der Waals surface area contributed by atoms with Gasteiger partial charge in [0.1, 0.15) is 0 Å². The highest BCUT2D eigenvalue weighted by Crippen LogP contribution is 2.40. The molecule has 6 nitrogen and oxygen atoms in total. The Labute approximate surface area is 177 Å². The Hall–Kier alpha value is -2.94. The second-order valence-corrected chi connectivity index (χ2v) is 7.78. The molecular formula is C22H22F3N3O3. The van der Waals surface area contributed by atoms with Crippen molar-refractivity contribution in [2.45, 2.75) is 38.5 Å². The van der Waals surface area contributed by atoms with Crippen molar-refractivity contribution in [2.24, 2.45) is 0 Å². The fourth-order valence-corrected chi connectivity index (χ4v) is 4.08. The van der Waals surface area contributed by atoms with Crippen molar-refractivity contribution in [2.75, 3.05) is 20.2 Å². The Bertz CT molecular complexity index is 1090. The van der Waals surface area contributed by atoms with E-state index in [1.807, 2.05) is 12.1 Å². The number of piperidine rings is 1. The number of aromatic nitrogens is 2. The maximum atomic E-state index is 13.7. The number of ether oxygens (including phenoxy) is 1. The maximum Gasteiger partial charge on any atom is 0.417 e. The second kappa shape index (κ2) is 8.30. The lowest BCUT2D eigenvalue weighted by molar-refractivity contribution is -0.136. The van der Waals surface area contributed by atoms with Crippen LogP contribution in [0.1, 0.15) is 51.6 Å². The number of aryl methyl sites for hydroxylation is 1. The summed E-state index contributed by atoms with van der Waals surface area (Å²) < 4.78 is 51.2. The first-order valence-corrected chi connectivity index (χ1v) is 9.99. The highest BCUT2D eigenvalue weighted by molar-refractivity contribution is 5.94. The molecule has 0 radical (unpaired) electrons. The van der Waals surface area contributed by atoms with Gasteiger partial charge in [0, 0.05) is 37.4 Å². The van der Waals surface area contributed by atoms with E-state index < -0.39 is 11.7 Å². The standard InChI is InChI=1S/C22H22F3N3O3/c1-13-10-17(22(23,24)25)18-19(27-31-20(18)26-13)16-4-3-9-28(11-16)21(29)15-7-5-14(6-8-15)12-30-2/h5-8,10,16H,3-4,9,11-12H2,1-2H3/t16-/m0/s1. The monoisotopic (exact) mass is 433 g/mol. The molecule has 9 heteroatoms. The van der Waals surface area contributed by atoms with Gasteiger partial charge in [-0.05, 0) is 43.5 Å². The number of hydrogen-bond acceptors (Lipinski definition) is 5. The average Bonchev–Trinajstić information content (AvgIpc) is 3.16. The van der Waals surface area contributed by atoms with Gasteiger partial charge in [0.25, 0.3) is 11.6 Å². The van der Waals surface area contributed by atoms with Crippen LogP contribution in [0.15, 0.2) is 34.9 Å². The van der Waals surface area contributed by atoms with E-state index in [2.05, 4.69) is 10.1 Å². The van der Waals surface area contributed by atoms with Gasteiger partial charge in [0.2, 0.25) is 0 Å². The molecule has 1 aliphatic heterocycles. The van der Waals surface area contributed by atoms with Crippen LogP contribution in [0, 0.1) is 6.92 Å². The molecule has 3 aromatic rings. The van der Waals surface area contributed by atoms with Crippen LogP contribution in [0.5, 0.6) is 0 Å². The summed E-state index contributed by atoms with van der Waals surface area (Å²) in [6.45, 7) is 2.74. The minimum absolute atomic E-state index is 0.110. The number of carbonyl (C=O) groups excluding carboxylic acids is 1. The van der Waals surface area contributed by atoms with Crippen molar-refractivity contribution in [3.8, 4) is 0 Å². The third-order valence-electron chi connectivity index (χ3n) is 5.51. The molecule has 0 bridgehead atoms. The normalized spacial score (nSPS) is 17.3. The van der Waals surface area contributed by atoms with Crippen LogP contribution < -0.4 is 0 Å². The fraction of sp³-hybridized carbons (Fsp3) is 0.409. The maximum absolute atomic E-state index is 13.7. The number of carbonyl (C=O) groups is 1. The summed E-state index contributed by atoms with van der Waals surface area (Å²) in [6.07, 6.45) is -3.28. The number of benzene rings is 1. The van der Waals surface area contributed by atoms with E-state index in [0.29, 0.717) is 31.6 Å². The highest BCUT2D eigenvalue weighted by Gasteiger charge is 2.38. The smallest absolute Gasteiger partial charge is 0.380 e. The third kappa shape index (κ3) is 4.27. The molecule has 164 valence electrons. The molecule has 1 atom stereocenters. The first kappa shape index (κ1) is 21.3. The molecule has 0 saturated carbocycles. The number of nitrogens with zero attached hydrogens (tertiary/aromatic N) is 3. The molecule has 31 heavy (non-hydrogen) atoms. The molecule has 1 fully saturated rings. The van der Waals surface area contributed by atoms with Crippen molar-refractivity contribution in [1.29, 1.82) is 0 Å². The predicted molar refractivity (Wildman–Crippen MR) is 107 cm³/mol. The summed E-state index contributed by atoms with van der Waals surface area (Å²) in [7, 11) is 1.60. The molecule has 0 unspecified atom stereocenters. The van der Waals surface area contributed by atoms with Gasteiger partial charge in [-0.3, -0.25) is 4.79 Å². The lowest BCUT2D eigenvalue weighted by atomic mass is 9.91. The quantitative estimate of drug-likeness (QED) is 0.596. The van der Waals surface area contributed by atoms with Crippen LogP contribution in [0.2, 0.25) is 0 Å². The summed E-state index contributed by atoms with van der Waals surface area (Å²) in [5.74, 6) is -0.524. The van der Waals surface area contributed by atoms with Crippen molar-refractivity contribution >= 4 is 17.0 Å². The third-order valence-corrected chi connectivity index (χ3v) is 5.51. The van der Waals surface area contributed by atoms with Gasteiger partial charge >= 0.3 is 6.18 Å². The summed E-state index contributed by atoms with van der Waals surface area (Å²) in [4.78, 5) is 18.7. The van der Waals surface area contributed by atoms with Gasteiger partial charge in [-0.2, -0.15) is 13.2 Å². The van der Waals surface area contributed by atoms with E-state index in [1.54, 1.807) is 24.1 Å². The summed E-state index contributed by atoms with van der Waals surface area (Å²) in [6, 6.07) is 8.14. The van der Waals surface area contributed by atoms with E-state index in [0.717, 1.165) is 11.6 Å². The highest BCUT2D eigenvalue weighted by atomic mass is 19.4. The number of rotatable bonds is 4. The molecule has 0 spiro atoms. The lowest BCUT2D eigenvalue weighted by Gasteiger charge is -2.32. The topological polar surface area (TPSA) is 68.5 Å². The van der Waals surface area contributed by atoms with E-state index in [-0.39, 0.29) is 40.9 Å². The second-order valence-electron chi connectivity index (χ2n) is 7.78. The zero-order valence-corrected chi connectivity index (χ0v) is 17.2. The van der Waals surface area contributed by atoms with Crippen LogP contribution in [-0.2, 0) is 17.5 Å².